The summed E-state index contributed by atoms with van der Waals surface area (Å²) in [4.78, 5) is 26.0. The fourth-order valence-corrected chi connectivity index (χ4v) is 1.42. The summed E-state index contributed by atoms with van der Waals surface area (Å²) in [5.74, 6) is -0.890. The normalized spacial score (nSPS) is 10.8. The van der Waals surface area contributed by atoms with Crippen LogP contribution < -0.4 is 5.32 Å². The lowest BCUT2D eigenvalue weighted by molar-refractivity contribution is -0.137. The van der Waals surface area contributed by atoms with E-state index >= 15 is 0 Å². The molecular weight excluding hydrogens is 234 g/mol. The number of likely N-dealkylation sites (N-methyl/N-ethyl adjacent to an activating group) is 1. The summed E-state index contributed by atoms with van der Waals surface area (Å²) in [6.45, 7) is 8.33. The number of nitrogens with one attached hydrogen (secondary N) is 1. The topological polar surface area (TPSA) is 72.9 Å². The highest BCUT2D eigenvalue weighted by Gasteiger charge is 2.17. The van der Waals surface area contributed by atoms with E-state index in [0.717, 1.165) is 13.1 Å². The van der Waals surface area contributed by atoms with E-state index in [1.54, 1.807) is 4.90 Å². The van der Waals surface area contributed by atoms with Gasteiger partial charge in [0.25, 0.3) is 0 Å². The number of carboxylic acid groups (broad SMARTS) is 1. The van der Waals surface area contributed by atoms with E-state index < -0.39 is 5.97 Å². The summed E-state index contributed by atoms with van der Waals surface area (Å²) in [5.41, 5.74) is 0. The monoisotopic (exact) mass is 259 g/mol. The Labute approximate surface area is 109 Å². The molecule has 6 heteroatoms. The lowest BCUT2D eigenvalue weighted by atomic mass is 10.3. The predicted octanol–water partition coefficient (Wildman–Crippen LogP) is 0.833. The smallest absolute Gasteiger partial charge is 0.317 e. The third-order valence-electron chi connectivity index (χ3n) is 2.76. The van der Waals surface area contributed by atoms with Crippen LogP contribution in [0.4, 0.5) is 4.79 Å². The lowest BCUT2D eigenvalue weighted by Gasteiger charge is -2.26. The van der Waals surface area contributed by atoms with Crippen LogP contribution in [0.25, 0.3) is 0 Å². The Hall–Kier alpha value is -1.30. The van der Waals surface area contributed by atoms with Gasteiger partial charge in [-0.3, -0.25) is 4.79 Å². The molecular formula is C12H25N3O3. The van der Waals surface area contributed by atoms with Crippen molar-refractivity contribution < 1.29 is 14.7 Å². The number of urea groups is 1. The van der Waals surface area contributed by atoms with Crippen molar-refractivity contribution in [3.63, 3.8) is 0 Å². The van der Waals surface area contributed by atoms with E-state index in [-0.39, 0.29) is 25.0 Å². The zero-order valence-electron chi connectivity index (χ0n) is 11.8. The molecule has 0 aliphatic heterocycles. The van der Waals surface area contributed by atoms with Gasteiger partial charge in [0.1, 0.15) is 0 Å². The zero-order valence-corrected chi connectivity index (χ0v) is 11.8. The molecule has 0 rings (SSSR count). The average Bonchev–Trinajstić information content (AvgIpc) is 2.28. The molecule has 0 aliphatic rings. The van der Waals surface area contributed by atoms with Crippen LogP contribution in [0.1, 0.15) is 27.2 Å². The van der Waals surface area contributed by atoms with Crippen molar-refractivity contribution in [3.8, 4) is 0 Å². The Bertz CT molecular complexity index is 269. The molecule has 2 amide bonds. The molecule has 0 fully saturated rings. The fraction of sp³-hybridized carbons (Fsp3) is 0.833. The molecule has 0 saturated heterocycles. The molecule has 0 spiro atoms. The van der Waals surface area contributed by atoms with E-state index in [0.29, 0.717) is 6.54 Å². The van der Waals surface area contributed by atoms with Crippen LogP contribution in [-0.4, -0.2) is 66.2 Å². The van der Waals surface area contributed by atoms with Crippen LogP contribution in [0, 0.1) is 0 Å². The van der Waals surface area contributed by atoms with Gasteiger partial charge in [-0.15, -0.1) is 0 Å². The average molecular weight is 259 g/mol. The second-order valence-electron chi connectivity index (χ2n) is 4.56. The maximum atomic E-state index is 11.9. The van der Waals surface area contributed by atoms with E-state index in [4.69, 9.17) is 5.11 Å². The molecule has 0 atom stereocenters. The molecule has 0 bridgehead atoms. The van der Waals surface area contributed by atoms with Gasteiger partial charge in [-0.05, 0) is 27.4 Å². The van der Waals surface area contributed by atoms with E-state index in [1.165, 1.54) is 0 Å². The van der Waals surface area contributed by atoms with Crippen molar-refractivity contribution in [1.82, 2.24) is 15.1 Å². The number of nitrogens with zero attached hydrogens (tertiary/aromatic N) is 2. The molecule has 0 aromatic rings. The van der Waals surface area contributed by atoms with Crippen molar-refractivity contribution in [2.24, 2.45) is 0 Å². The number of amides is 2. The largest absolute Gasteiger partial charge is 0.481 e. The first-order valence-corrected chi connectivity index (χ1v) is 6.33. The second-order valence-corrected chi connectivity index (χ2v) is 4.56. The van der Waals surface area contributed by atoms with Gasteiger partial charge in [0.15, 0.2) is 0 Å². The molecule has 0 radical (unpaired) electrons. The number of hydrogen-bond donors (Lipinski definition) is 2. The van der Waals surface area contributed by atoms with Crippen LogP contribution >= 0.6 is 0 Å². The summed E-state index contributed by atoms with van der Waals surface area (Å²) < 4.78 is 0. The van der Waals surface area contributed by atoms with Gasteiger partial charge in [-0.1, -0.05) is 6.92 Å². The summed E-state index contributed by atoms with van der Waals surface area (Å²) in [6, 6.07) is -0.205. The van der Waals surface area contributed by atoms with E-state index in [2.05, 4.69) is 17.1 Å². The molecule has 0 heterocycles. The standard InChI is InChI=1S/C12H25N3O3/c1-5-14(4)9-7-13-12(18)15(10(2)3)8-6-11(16)17/h10H,5-9H2,1-4H3,(H,13,18)(H,16,17). The summed E-state index contributed by atoms with van der Waals surface area (Å²) in [5, 5.41) is 11.4. The number of carbonyl (C=O) groups excluding carboxylic acids is 1. The minimum absolute atomic E-state index is 0.00625. The van der Waals surface area contributed by atoms with Crippen LogP contribution in [0.5, 0.6) is 0 Å². The van der Waals surface area contributed by atoms with Crippen LogP contribution in [-0.2, 0) is 4.79 Å². The molecule has 0 aromatic carbocycles. The highest BCUT2D eigenvalue weighted by molar-refractivity contribution is 5.75. The number of rotatable bonds is 8. The lowest BCUT2D eigenvalue weighted by Crippen LogP contribution is -2.46. The van der Waals surface area contributed by atoms with E-state index in [9.17, 15) is 9.59 Å². The molecule has 2 N–H and O–H groups in total. The highest BCUT2D eigenvalue weighted by atomic mass is 16.4. The molecule has 0 aliphatic carbocycles. The van der Waals surface area contributed by atoms with Crippen molar-refractivity contribution >= 4 is 12.0 Å². The van der Waals surface area contributed by atoms with Crippen molar-refractivity contribution in [1.29, 1.82) is 0 Å². The van der Waals surface area contributed by atoms with Gasteiger partial charge >= 0.3 is 12.0 Å². The highest BCUT2D eigenvalue weighted by Crippen LogP contribution is 2.00. The molecule has 0 saturated carbocycles. The predicted molar refractivity (Wildman–Crippen MR) is 70.7 cm³/mol. The number of aliphatic carboxylic acids is 1. The number of carboxylic acids is 1. The van der Waals surface area contributed by atoms with Crippen LogP contribution in [0.3, 0.4) is 0 Å². The SMILES string of the molecule is CCN(C)CCNC(=O)N(CCC(=O)O)C(C)C. The third-order valence-corrected chi connectivity index (χ3v) is 2.76. The second kappa shape index (κ2) is 8.74. The Morgan fingerprint density at radius 1 is 1.28 bits per heavy atom. The first kappa shape index (κ1) is 16.7. The van der Waals surface area contributed by atoms with Gasteiger partial charge in [0.05, 0.1) is 6.42 Å². The van der Waals surface area contributed by atoms with Gasteiger partial charge in [-0.2, -0.15) is 0 Å². The van der Waals surface area contributed by atoms with E-state index in [1.807, 2.05) is 20.9 Å². The maximum absolute atomic E-state index is 11.9. The Morgan fingerprint density at radius 3 is 2.33 bits per heavy atom. The van der Waals surface area contributed by atoms with Gasteiger partial charge in [0.2, 0.25) is 0 Å². The fourth-order valence-electron chi connectivity index (χ4n) is 1.42. The van der Waals surface area contributed by atoms with Crippen molar-refractivity contribution in [2.45, 2.75) is 33.2 Å². The minimum Gasteiger partial charge on any atom is -0.481 e. The Kier molecular flexibility index (Phi) is 8.11. The first-order chi connectivity index (χ1) is 8.38. The molecule has 0 unspecified atom stereocenters. The van der Waals surface area contributed by atoms with Gasteiger partial charge in [0, 0.05) is 25.7 Å². The zero-order chi connectivity index (χ0) is 14.1. The Morgan fingerprint density at radius 2 is 1.89 bits per heavy atom. The quantitative estimate of drug-likeness (QED) is 0.677. The van der Waals surface area contributed by atoms with Crippen LogP contribution in [0.2, 0.25) is 0 Å². The van der Waals surface area contributed by atoms with Gasteiger partial charge in [-0.25, -0.2) is 4.79 Å². The number of hydrogen-bond acceptors (Lipinski definition) is 3. The summed E-state index contributed by atoms with van der Waals surface area (Å²) in [7, 11) is 1.98. The molecule has 6 nitrogen and oxygen atoms in total. The minimum atomic E-state index is -0.890. The molecule has 0 aromatic heterocycles. The number of carbonyl (C=O) groups is 2. The maximum Gasteiger partial charge on any atom is 0.317 e. The van der Waals surface area contributed by atoms with Crippen LogP contribution in [0.15, 0.2) is 0 Å². The Balaban J connectivity index is 4.10. The summed E-state index contributed by atoms with van der Waals surface area (Å²) >= 11 is 0. The third kappa shape index (κ3) is 7.11. The van der Waals surface area contributed by atoms with Crippen molar-refractivity contribution in [2.75, 3.05) is 33.2 Å². The molecule has 18 heavy (non-hydrogen) atoms. The van der Waals surface area contributed by atoms with Gasteiger partial charge < -0.3 is 20.2 Å². The van der Waals surface area contributed by atoms with Crippen molar-refractivity contribution in [3.05, 3.63) is 0 Å². The summed E-state index contributed by atoms with van der Waals surface area (Å²) in [6.07, 6.45) is -0.0273. The molecule has 106 valence electrons. The first-order valence-electron chi connectivity index (χ1n) is 6.33.